The zero-order valence-electron chi connectivity index (χ0n) is 13.1. The van der Waals surface area contributed by atoms with Crippen molar-refractivity contribution in [3.8, 4) is 5.88 Å². The lowest BCUT2D eigenvalue weighted by Crippen LogP contribution is -2.42. The van der Waals surface area contributed by atoms with Gasteiger partial charge in [0.15, 0.2) is 0 Å². The van der Waals surface area contributed by atoms with Crippen LogP contribution in [0.15, 0.2) is 0 Å². The molecule has 1 aromatic rings. The quantitative estimate of drug-likeness (QED) is 0.832. The van der Waals surface area contributed by atoms with E-state index in [9.17, 15) is 5.11 Å². The third kappa shape index (κ3) is 5.41. The third-order valence-electron chi connectivity index (χ3n) is 3.38. The summed E-state index contributed by atoms with van der Waals surface area (Å²) in [7, 11) is 0. The first kappa shape index (κ1) is 16.5. The van der Waals surface area contributed by atoms with Crippen LogP contribution in [0.1, 0.15) is 40.0 Å². The van der Waals surface area contributed by atoms with E-state index in [1.54, 1.807) is 0 Å². The van der Waals surface area contributed by atoms with E-state index >= 15 is 0 Å². The van der Waals surface area contributed by atoms with Gasteiger partial charge in [-0.2, -0.15) is 4.37 Å². The summed E-state index contributed by atoms with van der Waals surface area (Å²) >= 11 is 1.17. The van der Waals surface area contributed by atoms with Gasteiger partial charge in [0.25, 0.3) is 5.88 Å². The molecule has 0 bridgehead atoms. The van der Waals surface area contributed by atoms with Crippen molar-refractivity contribution in [2.45, 2.75) is 51.7 Å². The number of nitrogens with one attached hydrogen (secondary N) is 1. The number of piperidine rings is 1. The van der Waals surface area contributed by atoms with Gasteiger partial charge in [-0.3, -0.25) is 0 Å². The van der Waals surface area contributed by atoms with Crippen molar-refractivity contribution >= 4 is 17.5 Å². The van der Waals surface area contributed by atoms with Gasteiger partial charge in [0.05, 0.1) is 11.7 Å². The molecule has 1 saturated heterocycles. The lowest BCUT2D eigenvalue weighted by Gasteiger charge is -2.27. The van der Waals surface area contributed by atoms with E-state index in [4.69, 9.17) is 4.74 Å². The average molecular weight is 314 g/mol. The fraction of sp³-hybridized carbons (Fsp3) is 0.857. The van der Waals surface area contributed by atoms with E-state index in [0.717, 1.165) is 18.9 Å². The molecule has 21 heavy (non-hydrogen) atoms. The van der Waals surface area contributed by atoms with Crippen LogP contribution in [-0.4, -0.2) is 51.7 Å². The number of nitrogens with zero attached hydrogens (tertiary/aromatic N) is 3. The number of aliphatic hydroxyl groups excluding tert-OH is 1. The van der Waals surface area contributed by atoms with Crippen LogP contribution in [0.2, 0.25) is 0 Å². The van der Waals surface area contributed by atoms with Gasteiger partial charge in [-0.1, -0.05) is 0 Å². The maximum absolute atomic E-state index is 9.97. The van der Waals surface area contributed by atoms with Gasteiger partial charge in [0.2, 0.25) is 5.82 Å². The van der Waals surface area contributed by atoms with Gasteiger partial charge in [-0.15, -0.1) is 4.37 Å². The molecular weight excluding hydrogens is 288 g/mol. The van der Waals surface area contributed by atoms with Crippen molar-refractivity contribution in [3.05, 3.63) is 0 Å². The number of anilines is 1. The van der Waals surface area contributed by atoms with Crippen LogP contribution in [0.5, 0.6) is 5.88 Å². The van der Waals surface area contributed by atoms with Crippen LogP contribution in [0.25, 0.3) is 0 Å². The molecule has 120 valence electrons. The smallest absolute Gasteiger partial charge is 0.270 e. The molecule has 0 radical (unpaired) electrons. The molecule has 0 saturated carbocycles. The molecule has 2 heterocycles. The fourth-order valence-corrected chi connectivity index (χ4v) is 2.74. The Morgan fingerprint density at radius 3 is 2.67 bits per heavy atom. The van der Waals surface area contributed by atoms with Crippen LogP contribution in [0, 0.1) is 0 Å². The maximum Gasteiger partial charge on any atom is 0.270 e. The average Bonchev–Trinajstić information content (AvgIpc) is 2.91. The largest absolute Gasteiger partial charge is 0.472 e. The monoisotopic (exact) mass is 314 g/mol. The van der Waals surface area contributed by atoms with Crippen LogP contribution < -0.4 is 15.0 Å². The Labute approximate surface area is 130 Å². The Morgan fingerprint density at radius 1 is 1.29 bits per heavy atom. The van der Waals surface area contributed by atoms with E-state index in [1.165, 1.54) is 31.0 Å². The highest BCUT2D eigenvalue weighted by atomic mass is 32.1. The summed E-state index contributed by atoms with van der Waals surface area (Å²) < 4.78 is 14.2. The number of hydrogen-bond acceptors (Lipinski definition) is 7. The molecule has 7 heteroatoms. The molecule has 0 unspecified atom stereocenters. The lowest BCUT2D eigenvalue weighted by atomic mass is 10.1. The molecule has 6 nitrogen and oxygen atoms in total. The van der Waals surface area contributed by atoms with Crippen LogP contribution in [0.3, 0.4) is 0 Å². The van der Waals surface area contributed by atoms with E-state index in [0.29, 0.717) is 12.4 Å². The van der Waals surface area contributed by atoms with Gasteiger partial charge in [0.1, 0.15) is 12.7 Å². The second-order valence-electron chi connectivity index (χ2n) is 6.54. The number of hydrogen-bond donors (Lipinski definition) is 2. The first-order valence-electron chi connectivity index (χ1n) is 7.59. The first-order valence-corrected chi connectivity index (χ1v) is 8.32. The van der Waals surface area contributed by atoms with Crippen molar-refractivity contribution < 1.29 is 9.84 Å². The van der Waals surface area contributed by atoms with Crippen molar-refractivity contribution in [1.29, 1.82) is 0 Å². The Morgan fingerprint density at radius 2 is 2.00 bits per heavy atom. The Hall–Kier alpha value is -0.920. The van der Waals surface area contributed by atoms with Gasteiger partial charge >= 0.3 is 0 Å². The minimum absolute atomic E-state index is 0.0118. The number of ether oxygens (including phenoxy) is 1. The molecule has 1 aliphatic rings. The van der Waals surface area contributed by atoms with Gasteiger partial charge in [-0.25, -0.2) is 0 Å². The summed E-state index contributed by atoms with van der Waals surface area (Å²) in [6.45, 7) is 8.96. The van der Waals surface area contributed by atoms with Gasteiger partial charge in [0, 0.05) is 25.2 Å². The molecule has 0 amide bonds. The predicted octanol–water partition coefficient (Wildman–Crippen LogP) is 1.66. The first-order chi connectivity index (χ1) is 9.96. The van der Waals surface area contributed by atoms with Crippen LogP contribution in [0.4, 0.5) is 5.82 Å². The van der Waals surface area contributed by atoms with Gasteiger partial charge < -0.3 is 20.1 Å². The summed E-state index contributed by atoms with van der Waals surface area (Å²) in [5.41, 5.74) is -0.0118. The second-order valence-corrected chi connectivity index (χ2v) is 7.06. The van der Waals surface area contributed by atoms with E-state index in [1.807, 2.05) is 0 Å². The molecule has 2 rings (SSSR count). The molecule has 0 aromatic carbocycles. The van der Waals surface area contributed by atoms with E-state index in [2.05, 4.69) is 39.7 Å². The SMILES string of the molecule is CC(C)(C)NC[C@H](O)COc1nsnc1N1CCCCC1. The van der Waals surface area contributed by atoms with E-state index < -0.39 is 6.10 Å². The molecule has 0 spiro atoms. The summed E-state index contributed by atoms with van der Waals surface area (Å²) in [5.74, 6) is 1.38. The Balaban J connectivity index is 1.82. The van der Waals surface area contributed by atoms with Crippen molar-refractivity contribution in [2.75, 3.05) is 31.1 Å². The predicted molar refractivity (Wildman–Crippen MR) is 85.2 cm³/mol. The minimum Gasteiger partial charge on any atom is -0.472 e. The molecule has 0 aliphatic carbocycles. The molecule has 1 aliphatic heterocycles. The molecule has 1 atom stereocenters. The van der Waals surface area contributed by atoms with Gasteiger partial charge in [-0.05, 0) is 40.0 Å². The molecular formula is C14H26N4O2S. The maximum atomic E-state index is 9.97. The Kier molecular flexibility index (Phi) is 5.78. The highest BCUT2D eigenvalue weighted by Crippen LogP contribution is 2.28. The Bertz CT molecular complexity index is 427. The molecule has 1 aromatic heterocycles. The zero-order valence-corrected chi connectivity index (χ0v) is 13.9. The van der Waals surface area contributed by atoms with Crippen molar-refractivity contribution in [3.63, 3.8) is 0 Å². The molecule has 2 N–H and O–H groups in total. The minimum atomic E-state index is -0.555. The summed E-state index contributed by atoms with van der Waals surface area (Å²) in [4.78, 5) is 2.22. The second kappa shape index (κ2) is 7.38. The fourth-order valence-electron chi connectivity index (χ4n) is 2.22. The number of aromatic nitrogens is 2. The third-order valence-corrected chi connectivity index (χ3v) is 3.88. The standard InChI is InChI=1S/C14H26N4O2S/c1-14(2,3)15-9-11(19)10-20-13-12(16-21-17-13)18-7-5-4-6-8-18/h11,15,19H,4-10H2,1-3H3/t11-/m0/s1. The number of β-amino-alcohol motifs (C(OH)–C–C–N with tert-alkyl or cyclic N) is 1. The summed E-state index contributed by atoms with van der Waals surface area (Å²) in [6, 6.07) is 0. The zero-order chi connectivity index (χ0) is 15.3. The van der Waals surface area contributed by atoms with Crippen molar-refractivity contribution in [2.24, 2.45) is 0 Å². The topological polar surface area (TPSA) is 70.5 Å². The highest BCUT2D eigenvalue weighted by Gasteiger charge is 2.20. The molecule has 1 fully saturated rings. The van der Waals surface area contributed by atoms with Crippen LogP contribution in [-0.2, 0) is 0 Å². The normalized spacial score (nSPS) is 17.8. The summed E-state index contributed by atoms with van der Waals surface area (Å²) in [6.07, 6.45) is 3.10. The van der Waals surface area contributed by atoms with Crippen molar-refractivity contribution in [1.82, 2.24) is 14.1 Å². The highest BCUT2D eigenvalue weighted by molar-refractivity contribution is 6.99. The number of aliphatic hydroxyl groups is 1. The van der Waals surface area contributed by atoms with E-state index in [-0.39, 0.29) is 12.1 Å². The summed E-state index contributed by atoms with van der Waals surface area (Å²) in [5, 5.41) is 13.2. The number of rotatable bonds is 6. The lowest BCUT2D eigenvalue weighted by molar-refractivity contribution is 0.0984. The van der Waals surface area contributed by atoms with Crippen LogP contribution >= 0.6 is 11.7 Å².